The summed E-state index contributed by atoms with van der Waals surface area (Å²) in [5.41, 5.74) is 2.78. The molecule has 0 saturated carbocycles. The molecule has 0 fully saturated rings. The van der Waals surface area contributed by atoms with Crippen molar-refractivity contribution in [2.75, 3.05) is 5.32 Å². The van der Waals surface area contributed by atoms with Crippen molar-refractivity contribution in [3.8, 4) is 0 Å². The Kier molecular flexibility index (Phi) is 3.16. The fraction of sp³-hybridized carbons (Fsp3) is 0.0556. The maximum Gasteiger partial charge on any atom is 0.419 e. The van der Waals surface area contributed by atoms with Crippen LogP contribution < -0.4 is 11.1 Å². The largest absolute Gasteiger partial charge is 0.419 e. The van der Waals surface area contributed by atoms with Gasteiger partial charge in [0.15, 0.2) is 5.58 Å². The molecule has 0 unspecified atom stereocenters. The van der Waals surface area contributed by atoms with Gasteiger partial charge in [-0.1, -0.05) is 18.2 Å². The van der Waals surface area contributed by atoms with E-state index in [0.717, 1.165) is 10.9 Å². The Bertz CT molecular complexity index is 1140. The predicted octanol–water partition coefficient (Wildman–Crippen LogP) is 2.93. The average molecular weight is 319 g/mol. The quantitative estimate of drug-likeness (QED) is 0.616. The van der Waals surface area contributed by atoms with E-state index >= 15 is 0 Å². The van der Waals surface area contributed by atoms with E-state index in [9.17, 15) is 9.59 Å². The Morgan fingerprint density at radius 3 is 2.88 bits per heavy atom. The lowest BCUT2D eigenvalue weighted by Gasteiger charge is -2.08. The molecule has 6 heteroatoms. The lowest BCUT2D eigenvalue weighted by molar-refractivity contribution is 0.102. The highest BCUT2D eigenvalue weighted by Crippen LogP contribution is 2.22. The van der Waals surface area contributed by atoms with E-state index < -0.39 is 5.76 Å². The monoisotopic (exact) mass is 319 g/mol. The van der Waals surface area contributed by atoms with E-state index in [1.165, 1.54) is 4.57 Å². The highest BCUT2D eigenvalue weighted by Gasteiger charge is 2.12. The van der Waals surface area contributed by atoms with Gasteiger partial charge < -0.3 is 9.73 Å². The van der Waals surface area contributed by atoms with E-state index in [2.05, 4.69) is 10.3 Å². The molecule has 2 aromatic heterocycles. The minimum atomic E-state index is -0.458. The van der Waals surface area contributed by atoms with Gasteiger partial charge >= 0.3 is 5.76 Å². The van der Waals surface area contributed by atoms with Crippen LogP contribution in [-0.2, 0) is 7.05 Å². The smallest absolute Gasteiger partial charge is 0.408 e. The Hall–Kier alpha value is -3.41. The van der Waals surface area contributed by atoms with Crippen LogP contribution in [0.3, 0.4) is 0 Å². The molecule has 118 valence electrons. The van der Waals surface area contributed by atoms with Gasteiger partial charge in [0, 0.05) is 24.2 Å². The normalized spacial score (nSPS) is 11.0. The Balaban J connectivity index is 1.72. The number of carbonyl (C=O) groups excluding carboxylic acids is 1. The molecule has 0 radical (unpaired) electrons. The Labute approximate surface area is 136 Å². The first-order valence-corrected chi connectivity index (χ1v) is 7.38. The van der Waals surface area contributed by atoms with Crippen LogP contribution in [0.5, 0.6) is 0 Å². The van der Waals surface area contributed by atoms with E-state index in [-0.39, 0.29) is 5.91 Å². The van der Waals surface area contributed by atoms with E-state index in [1.807, 2.05) is 24.3 Å². The number of carbonyl (C=O) groups is 1. The lowest BCUT2D eigenvalue weighted by Crippen LogP contribution is -2.12. The van der Waals surface area contributed by atoms with Gasteiger partial charge in [0.1, 0.15) is 0 Å². The molecule has 4 aromatic rings. The zero-order chi connectivity index (χ0) is 16.7. The molecule has 0 aliphatic carbocycles. The molecule has 0 saturated heterocycles. The lowest BCUT2D eigenvalue weighted by atomic mass is 10.1. The second-order valence-corrected chi connectivity index (χ2v) is 5.44. The fourth-order valence-corrected chi connectivity index (χ4v) is 2.67. The first kappa shape index (κ1) is 14.2. The number of nitrogens with zero attached hydrogens (tertiary/aromatic N) is 2. The van der Waals surface area contributed by atoms with Crippen LogP contribution in [-0.4, -0.2) is 15.5 Å². The fourth-order valence-electron chi connectivity index (χ4n) is 2.67. The maximum absolute atomic E-state index is 12.5. The number of hydrogen-bond donors (Lipinski definition) is 1. The zero-order valence-corrected chi connectivity index (χ0v) is 12.8. The van der Waals surface area contributed by atoms with Crippen LogP contribution >= 0.6 is 0 Å². The molecular weight excluding hydrogens is 306 g/mol. The van der Waals surface area contributed by atoms with Gasteiger partial charge in [0.2, 0.25) is 0 Å². The number of rotatable bonds is 2. The number of amides is 1. The summed E-state index contributed by atoms with van der Waals surface area (Å²) >= 11 is 0. The third-order valence-corrected chi connectivity index (χ3v) is 3.94. The van der Waals surface area contributed by atoms with Crippen molar-refractivity contribution in [2.45, 2.75) is 0 Å². The van der Waals surface area contributed by atoms with Crippen LogP contribution in [0.25, 0.3) is 22.0 Å². The standard InChI is InChI=1S/C18H13N3O3/c1-21-14-8-7-12(10-15(14)24-18(21)23)17(22)20-13-6-2-4-11-5-3-9-19-16(11)13/h2-10H,1H3,(H,20,22). The van der Waals surface area contributed by atoms with Crippen molar-refractivity contribution >= 4 is 33.6 Å². The van der Waals surface area contributed by atoms with Gasteiger partial charge in [-0.05, 0) is 30.3 Å². The van der Waals surface area contributed by atoms with E-state index in [1.54, 1.807) is 37.5 Å². The van der Waals surface area contributed by atoms with E-state index in [0.29, 0.717) is 22.4 Å². The number of benzene rings is 2. The predicted molar refractivity (Wildman–Crippen MR) is 91.2 cm³/mol. The minimum Gasteiger partial charge on any atom is -0.408 e. The number of pyridine rings is 1. The van der Waals surface area contributed by atoms with E-state index in [4.69, 9.17) is 4.42 Å². The first-order chi connectivity index (χ1) is 11.6. The van der Waals surface area contributed by atoms with Crippen LogP contribution in [0.4, 0.5) is 5.69 Å². The van der Waals surface area contributed by atoms with Gasteiger partial charge in [-0.3, -0.25) is 14.3 Å². The van der Waals surface area contributed by atoms with Crippen molar-refractivity contribution in [3.63, 3.8) is 0 Å². The molecule has 0 bridgehead atoms. The van der Waals surface area contributed by atoms with Gasteiger partial charge in [0.05, 0.1) is 16.7 Å². The second-order valence-electron chi connectivity index (χ2n) is 5.44. The highest BCUT2D eigenvalue weighted by atomic mass is 16.4. The first-order valence-electron chi connectivity index (χ1n) is 7.38. The molecule has 0 spiro atoms. The molecule has 24 heavy (non-hydrogen) atoms. The molecule has 2 heterocycles. The molecule has 4 rings (SSSR count). The third kappa shape index (κ3) is 2.25. The summed E-state index contributed by atoms with van der Waals surface area (Å²) in [6, 6.07) is 14.3. The van der Waals surface area contributed by atoms with Gasteiger partial charge in [0.25, 0.3) is 5.91 Å². The van der Waals surface area contributed by atoms with Crippen molar-refractivity contribution in [2.24, 2.45) is 7.05 Å². The molecule has 0 atom stereocenters. The van der Waals surface area contributed by atoms with Crippen LogP contribution in [0.1, 0.15) is 10.4 Å². The van der Waals surface area contributed by atoms with Crippen molar-refractivity contribution in [1.29, 1.82) is 0 Å². The number of aromatic nitrogens is 2. The number of fused-ring (bicyclic) bond motifs is 2. The highest BCUT2D eigenvalue weighted by molar-refractivity contribution is 6.09. The third-order valence-electron chi connectivity index (χ3n) is 3.94. The van der Waals surface area contributed by atoms with Crippen molar-refractivity contribution in [1.82, 2.24) is 9.55 Å². The van der Waals surface area contributed by atoms with Crippen LogP contribution in [0.2, 0.25) is 0 Å². The molecular formula is C18H13N3O3. The number of para-hydroxylation sites is 1. The molecule has 1 N–H and O–H groups in total. The summed E-state index contributed by atoms with van der Waals surface area (Å²) in [7, 11) is 1.62. The summed E-state index contributed by atoms with van der Waals surface area (Å²) in [4.78, 5) is 28.4. The molecule has 0 aliphatic heterocycles. The summed E-state index contributed by atoms with van der Waals surface area (Å²) in [5, 5.41) is 3.80. The minimum absolute atomic E-state index is 0.290. The summed E-state index contributed by atoms with van der Waals surface area (Å²) in [5.74, 6) is -0.748. The van der Waals surface area contributed by atoms with Crippen LogP contribution in [0, 0.1) is 0 Å². The topological polar surface area (TPSA) is 77.1 Å². The summed E-state index contributed by atoms with van der Waals surface area (Å²) in [6.45, 7) is 0. The molecule has 1 amide bonds. The summed E-state index contributed by atoms with van der Waals surface area (Å²) < 4.78 is 6.52. The Morgan fingerprint density at radius 2 is 2.00 bits per heavy atom. The van der Waals surface area contributed by atoms with Crippen LogP contribution in [0.15, 0.2) is 63.9 Å². The number of anilines is 1. The summed E-state index contributed by atoms with van der Waals surface area (Å²) in [6.07, 6.45) is 1.68. The second kappa shape index (κ2) is 5.34. The van der Waals surface area contributed by atoms with Crippen molar-refractivity contribution < 1.29 is 9.21 Å². The molecule has 6 nitrogen and oxygen atoms in total. The number of aryl methyl sites for hydroxylation is 1. The SMILES string of the molecule is Cn1c(=O)oc2cc(C(=O)Nc3cccc4cccnc34)ccc21. The zero-order valence-electron chi connectivity index (χ0n) is 12.8. The van der Waals surface area contributed by atoms with Gasteiger partial charge in [-0.15, -0.1) is 0 Å². The average Bonchev–Trinajstić information content (AvgIpc) is 2.89. The van der Waals surface area contributed by atoms with Gasteiger partial charge in [-0.2, -0.15) is 0 Å². The number of nitrogens with one attached hydrogen (secondary N) is 1. The molecule has 2 aromatic carbocycles. The number of oxazole rings is 1. The molecule has 0 aliphatic rings. The van der Waals surface area contributed by atoms with Crippen molar-refractivity contribution in [3.05, 3.63) is 70.8 Å². The number of hydrogen-bond acceptors (Lipinski definition) is 4. The van der Waals surface area contributed by atoms with Gasteiger partial charge in [-0.25, -0.2) is 4.79 Å². The maximum atomic E-state index is 12.5. The Morgan fingerprint density at radius 1 is 1.17 bits per heavy atom.